The van der Waals surface area contributed by atoms with E-state index in [1.807, 2.05) is 20.8 Å². The third-order valence-corrected chi connectivity index (χ3v) is 3.91. The van der Waals surface area contributed by atoms with Gasteiger partial charge in [0, 0.05) is 20.1 Å². The van der Waals surface area contributed by atoms with Crippen molar-refractivity contribution in [2.45, 2.75) is 51.8 Å². The van der Waals surface area contributed by atoms with E-state index in [0.717, 1.165) is 12.8 Å². The van der Waals surface area contributed by atoms with Crippen LogP contribution in [0.25, 0.3) is 0 Å². The lowest BCUT2D eigenvalue weighted by Gasteiger charge is -2.28. The molecule has 8 nitrogen and oxygen atoms in total. The number of aromatic nitrogens is 3. The van der Waals surface area contributed by atoms with Crippen molar-refractivity contribution in [1.29, 1.82) is 0 Å². The standard InChI is InChI=1S/C17H27N5O3/c1-6-9-20(5)15(23)14-12-21(19-18-14)11-13-8-7-10-22(13)16(24)25-17(2,3)4/h6,12-13H,1,7-11H2,2-5H3. The Balaban J connectivity index is 2.00. The van der Waals surface area contributed by atoms with Crippen molar-refractivity contribution in [2.75, 3.05) is 20.1 Å². The summed E-state index contributed by atoms with van der Waals surface area (Å²) in [7, 11) is 1.68. The van der Waals surface area contributed by atoms with Gasteiger partial charge in [0.25, 0.3) is 5.91 Å². The minimum Gasteiger partial charge on any atom is -0.444 e. The van der Waals surface area contributed by atoms with E-state index in [2.05, 4.69) is 16.9 Å². The number of likely N-dealkylation sites (N-methyl/N-ethyl adjacent to an activating group) is 1. The second kappa shape index (κ2) is 7.67. The molecular formula is C17H27N5O3. The zero-order chi connectivity index (χ0) is 18.6. The van der Waals surface area contributed by atoms with Crippen LogP contribution in [-0.2, 0) is 11.3 Å². The number of nitrogens with zero attached hydrogens (tertiary/aromatic N) is 5. The minimum absolute atomic E-state index is 0.00888. The Morgan fingerprint density at radius 3 is 2.84 bits per heavy atom. The van der Waals surface area contributed by atoms with Crippen molar-refractivity contribution in [3.05, 3.63) is 24.5 Å². The number of amides is 2. The maximum absolute atomic E-state index is 12.3. The number of likely N-dealkylation sites (tertiary alicyclic amines) is 1. The summed E-state index contributed by atoms with van der Waals surface area (Å²) >= 11 is 0. The van der Waals surface area contributed by atoms with E-state index in [-0.39, 0.29) is 23.7 Å². The maximum Gasteiger partial charge on any atom is 0.410 e. The van der Waals surface area contributed by atoms with Crippen molar-refractivity contribution in [2.24, 2.45) is 0 Å². The van der Waals surface area contributed by atoms with Crippen molar-refractivity contribution in [3.63, 3.8) is 0 Å². The highest BCUT2D eigenvalue weighted by atomic mass is 16.6. The summed E-state index contributed by atoms with van der Waals surface area (Å²) in [5.74, 6) is -0.207. The third kappa shape index (κ3) is 5.04. The fraction of sp³-hybridized carbons (Fsp3) is 0.647. The lowest BCUT2D eigenvalue weighted by molar-refractivity contribution is 0.0211. The van der Waals surface area contributed by atoms with Gasteiger partial charge in [0.05, 0.1) is 18.8 Å². The van der Waals surface area contributed by atoms with E-state index in [1.54, 1.807) is 28.9 Å². The number of rotatable bonds is 5. The molecule has 0 radical (unpaired) electrons. The summed E-state index contributed by atoms with van der Waals surface area (Å²) in [6.45, 7) is 10.8. The van der Waals surface area contributed by atoms with Gasteiger partial charge >= 0.3 is 6.09 Å². The van der Waals surface area contributed by atoms with Gasteiger partial charge in [0.1, 0.15) is 5.60 Å². The molecule has 1 aromatic rings. The predicted octanol–water partition coefficient (Wildman–Crippen LogP) is 1.94. The number of carbonyl (C=O) groups is 2. The molecule has 0 spiro atoms. The van der Waals surface area contributed by atoms with Gasteiger partial charge in [0.15, 0.2) is 5.69 Å². The molecule has 2 heterocycles. The largest absolute Gasteiger partial charge is 0.444 e. The van der Waals surface area contributed by atoms with Crippen LogP contribution in [0.4, 0.5) is 4.79 Å². The summed E-state index contributed by atoms with van der Waals surface area (Å²) < 4.78 is 7.08. The van der Waals surface area contributed by atoms with Crippen LogP contribution in [0.2, 0.25) is 0 Å². The van der Waals surface area contributed by atoms with E-state index >= 15 is 0 Å². The van der Waals surface area contributed by atoms with E-state index in [4.69, 9.17) is 4.74 Å². The molecule has 0 saturated carbocycles. The van der Waals surface area contributed by atoms with Crippen LogP contribution in [0.1, 0.15) is 44.1 Å². The van der Waals surface area contributed by atoms with Gasteiger partial charge < -0.3 is 14.5 Å². The van der Waals surface area contributed by atoms with Crippen LogP contribution in [0.5, 0.6) is 0 Å². The van der Waals surface area contributed by atoms with Crippen molar-refractivity contribution in [1.82, 2.24) is 24.8 Å². The molecule has 138 valence electrons. The van der Waals surface area contributed by atoms with Crippen LogP contribution >= 0.6 is 0 Å². The monoisotopic (exact) mass is 349 g/mol. The molecule has 1 aromatic heterocycles. The Labute approximate surface area is 148 Å². The molecule has 1 aliphatic heterocycles. The first-order valence-electron chi connectivity index (χ1n) is 8.47. The average Bonchev–Trinajstić information content (AvgIpc) is 3.14. The van der Waals surface area contributed by atoms with Crippen molar-refractivity contribution < 1.29 is 14.3 Å². The van der Waals surface area contributed by atoms with Crippen LogP contribution in [0.3, 0.4) is 0 Å². The minimum atomic E-state index is -0.521. The Kier molecular flexibility index (Phi) is 5.81. The molecule has 1 aliphatic rings. The molecule has 2 rings (SSSR count). The number of ether oxygens (including phenoxy) is 1. The zero-order valence-corrected chi connectivity index (χ0v) is 15.4. The van der Waals surface area contributed by atoms with Gasteiger partial charge in [-0.05, 0) is 33.6 Å². The number of hydrogen-bond donors (Lipinski definition) is 0. The van der Waals surface area contributed by atoms with E-state index < -0.39 is 5.60 Å². The third-order valence-electron chi connectivity index (χ3n) is 3.91. The molecule has 0 aromatic carbocycles. The lowest BCUT2D eigenvalue weighted by Crippen LogP contribution is -2.41. The first-order valence-corrected chi connectivity index (χ1v) is 8.47. The highest BCUT2D eigenvalue weighted by molar-refractivity contribution is 5.91. The Hall–Kier alpha value is -2.38. The van der Waals surface area contributed by atoms with Gasteiger partial charge in [-0.1, -0.05) is 11.3 Å². The predicted molar refractivity (Wildman–Crippen MR) is 93.1 cm³/mol. The van der Waals surface area contributed by atoms with E-state index in [9.17, 15) is 9.59 Å². The Bertz CT molecular complexity index is 634. The van der Waals surface area contributed by atoms with Gasteiger partial charge in [-0.15, -0.1) is 11.7 Å². The van der Waals surface area contributed by atoms with Gasteiger partial charge in [-0.25, -0.2) is 9.48 Å². The van der Waals surface area contributed by atoms with Crippen molar-refractivity contribution in [3.8, 4) is 0 Å². The Morgan fingerprint density at radius 1 is 1.48 bits per heavy atom. The highest BCUT2D eigenvalue weighted by Gasteiger charge is 2.32. The fourth-order valence-corrected chi connectivity index (χ4v) is 2.76. The molecule has 25 heavy (non-hydrogen) atoms. The molecule has 1 unspecified atom stereocenters. The summed E-state index contributed by atoms with van der Waals surface area (Å²) in [6, 6.07) is -0.00888. The molecule has 2 amide bonds. The molecule has 1 fully saturated rings. The first kappa shape index (κ1) is 19.0. The summed E-state index contributed by atoms with van der Waals surface area (Å²) in [6.07, 6.45) is 4.76. The fourth-order valence-electron chi connectivity index (χ4n) is 2.76. The van der Waals surface area contributed by atoms with E-state index in [1.165, 1.54) is 4.90 Å². The molecule has 1 saturated heterocycles. The van der Waals surface area contributed by atoms with Crippen LogP contribution < -0.4 is 0 Å². The molecule has 1 atom stereocenters. The molecular weight excluding hydrogens is 322 g/mol. The zero-order valence-electron chi connectivity index (χ0n) is 15.4. The second-order valence-corrected chi connectivity index (χ2v) is 7.27. The van der Waals surface area contributed by atoms with Crippen LogP contribution in [-0.4, -0.2) is 68.6 Å². The average molecular weight is 349 g/mol. The van der Waals surface area contributed by atoms with Gasteiger partial charge in [-0.2, -0.15) is 0 Å². The summed E-state index contributed by atoms with van der Waals surface area (Å²) in [4.78, 5) is 27.8. The van der Waals surface area contributed by atoms with E-state index in [0.29, 0.717) is 19.6 Å². The normalized spacial score (nSPS) is 17.4. The smallest absolute Gasteiger partial charge is 0.410 e. The number of carbonyl (C=O) groups excluding carboxylic acids is 2. The molecule has 0 N–H and O–H groups in total. The SMILES string of the molecule is C=CCN(C)C(=O)c1cn(CC2CCCN2C(=O)OC(C)(C)C)nn1. The van der Waals surface area contributed by atoms with Crippen LogP contribution in [0.15, 0.2) is 18.9 Å². The maximum atomic E-state index is 12.3. The summed E-state index contributed by atoms with van der Waals surface area (Å²) in [5.41, 5.74) is -0.238. The molecule has 8 heteroatoms. The van der Waals surface area contributed by atoms with Gasteiger partial charge in [-0.3, -0.25) is 4.79 Å². The number of hydrogen-bond acceptors (Lipinski definition) is 5. The molecule has 0 bridgehead atoms. The molecule has 0 aliphatic carbocycles. The first-order chi connectivity index (χ1) is 11.7. The van der Waals surface area contributed by atoms with Crippen molar-refractivity contribution >= 4 is 12.0 Å². The highest BCUT2D eigenvalue weighted by Crippen LogP contribution is 2.22. The second-order valence-electron chi connectivity index (χ2n) is 7.27. The lowest BCUT2D eigenvalue weighted by atomic mass is 10.2. The van der Waals surface area contributed by atoms with Gasteiger partial charge in [0.2, 0.25) is 0 Å². The Morgan fingerprint density at radius 2 is 2.20 bits per heavy atom. The quantitative estimate of drug-likeness (QED) is 0.759. The summed E-state index contributed by atoms with van der Waals surface area (Å²) in [5, 5.41) is 7.97. The van der Waals surface area contributed by atoms with Crippen LogP contribution in [0, 0.1) is 0 Å². The topological polar surface area (TPSA) is 80.6 Å².